The number of pyridine rings is 1. The molecule has 0 spiro atoms. The van der Waals surface area contributed by atoms with E-state index in [0.717, 1.165) is 34.2 Å². The number of hydrogen-bond acceptors (Lipinski definition) is 5. The van der Waals surface area contributed by atoms with Gasteiger partial charge < -0.3 is 9.88 Å². The molecule has 6 nitrogen and oxygen atoms in total. The smallest absolute Gasteiger partial charge is 0.163 e. The van der Waals surface area contributed by atoms with E-state index in [0.29, 0.717) is 12.1 Å². The van der Waals surface area contributed by atoms with Gasteiger partial charge in [-0.3, -0.25) is 4.98 Å². The fourth-order valence-electron chi connectivity index (χ4n) is 2.90. The molecule has 0 amide bonds. The van der Waals surface area contributed by atoms with Gasteiger partial charge in [-0.1, -0.05) is 0 Å². The largest absolute Gasteiger partial charge is 0.350 e. The SMILES string of the molecule is Cc1nc(N(C(C)C)C(C)C)c2nc(-c3cccnc3)[nH]c2n1. The summed E-state index contributed by atoms with van der Waals surface area (Å²) in [5.74, 6) is 2.38. The number of H-pyrrole nitrogens is 1. The predicted octanol–water partition coefficient (Wildman–Crippen LogP) is 3.35. The summed E-state index contributed by atoms with van der Waals surface area (Å²) < 4.78 is 0. The Morgan fingerprint density at radius 1 is 1.04 bits per heavy atom. The maximum atomic E-state index is 4.75. The number of nitrogens with one attached hydrogen (secondary N) is 1. The minimum atomic E-state index is 0.325. The first kappa shape index (κ1) is 15.4. The summed E-state index contributed by atoms with van der Waals surface area (Å²) in [6, 6.07) is 4.53. The number of aromatic amines is 1. The van der Waals surface area contributed by atoms with Crippen LogP contribution in [-0.2, 0) is 0 Å². The zero-order chi connectivity index (χ0) is 16.6. The van der Waals surface area contributed by atoms with E-state index in [1.807, 2.05) is 19.1 Å². The van der Waals surface area contributed by atoms with Crippen LogP contribution >= 0.6 is 0 Å². The summed E-state index contributed by atoms with van der Waals surface area (Å²) in [6.07, 6.45) is 3.54. The highest BCUT2D eigenvalue weighted by atomic mass is 15.3. The molecule has 0 saturated carbocycles. The third-order valence-corrected chi connectivity index (χ3v) is 3.73. The lowest BCUT2D eigenvalue weighted by Gasteiger charge is -2.32. The summed E-state index contributed by atoms with van der Waals surface area (Å²) in [5, 5.41) is 0. The van der Waals surface area contributed by atoms with Crippen LogP contribution < -0.4 is 4.90 Å². The molecule has 0 bridgehead atoms. The molecule has 3 aromatic rings. The lowest BCUT2D eigenvalue weighted by Crippen LogP contribution is -2.38. The van der Waals surface area contributed by atoms with Crippen molar-refractivity contribution in [3.63, 3.8) is 0 Å². The third-order valence-electron chi connectivity index (χ3n) is 3.73. The maximum absolute atomic E-state index is 4.75. The Hall–Kier alpha value is -2.50. The summed E-state index contributed by atoms with van der Waals surface area (Å²) in [5.41, 5.74) is 2.50. The molecule has 1 N–H and O–H groups in total. The molecule has 23 heavy (non-hydrogen) atoms. The van der Waals surface area contributed by atoms with Gasteiger partial charge in [0.05, 0.1) is 0 Å². The molecule has 3 heterocycles. The lowest BCUT2D eigenvalue weighted by molar-refractivity contribution is 0.601. The average Bonchev–Trinajstić information content (AvgIpc) is 2.91. The molecule has 0 unspecified atom stereocenters. The van der Waals surface area contributed by atoms with Crippen molar-refractivity contribution in [3.05, 3.63) is 30.4 Å². The third kappa shape index (κ3) is 2.88. The second-order valence-corrected chi connectivity index (χ2v) is 6.21. The molecular weight excluding hydrogens is 288 g/mol. The van der Waals surface area contributed by atoms with Crippen LogP contribution in [0.1, 0.15) is 33.5 Å². The number of anilines is 1. The van der Waals surface area contributed by atoms with E-state index in [4.69, 9.17) is 4.98 Å². The van der Waals surface area contributed by atoms with E-state index in [1.165, 1.54) is 0 Å². The fraction of sp³-hybridized carbons (Fsp3) is 0.412. The van der Waals surface area contributed by atoms with Gasteiger partial charge in [0.2, 0.25) is 0 Å². The van der Waals surface area contributed by atoms with Gasteiger partial charge in [0.25, 0.3) is 0 Å². The summed E-state index contributed by atoms with van der Waals surface area (Å²) in [4.78, 5) is 23.6. The summed E-state index contributed by atoms with van der Waals surface area (Å²) >= 11 is 0. The molecule has 0 fully saturated rings. The molecular formula is C17H22N6. The number of imidazole rings is 1. The molecule has 3 rings (SSSR count). The van der Waals surface area contributed by atoms with Gasteiger partial charge in [-0.25, -0.2) is 15.0 Å². The van der Waals surface area contributed by atoms with Crippen molar-refractivity contribution in [2.75, 3.05) is 4.90 Å². The number of nitrogens with zero attached hydrogens (tertiary/aromatic N) is 5. The molecule has 6 heteroatoms. The average molecular weight is 310 g/mol. The number of hydrogen-bond donors (Lipinski definition) is 1. The Morgan fingerprint density at radius 3 is 2.39 bits per heavy atom. The van der Waals surface area contributed by atoms with E-state index in [2.05, 4.69) is 52.5 Å². The van der Waals surface area contributed by atoms with Crippen molar-refractivity contribution in [3.8, 4) is 11.4 Å². The Kier molecular flexibility index (Phi) is 3.98. The first-order valence-corrected chi connectivity index (χ1v) is 7.90. The Morgan fingerprint density at radius 2 is 1.78 bits per heavy atom. The van der Waals surface area contributed by atoms with Crippen molar-refractivity contribution in [1.29, 1.82) is 0 Å². The summed E-state index contributed by atoms with van der Waals surface area (Å²) in [7, 11) is 0. The fourth-order valence-corrected chi connectivity index (χ4v) is 2.90. The van der Waals surface area contributed by atoms with Crippen LogP contribution in [0.3, 0.4) is 0 Å². The molecule has 0 aliphatic heterocycles. The van der Waals surface area contributed by atoms with Gasteiger partial charge in [0, 0.05) is 30.0 Å². The topological polar surface area (TPSA) is 70.6 Å². The lowest BCUT2D eigenvalue weighted by atomic mass is 10.2. The molecule has 0 aliphatic rings. The first-order valence-electron chi connectivity index (χ1n) is 7.90. The highest BCUT2D eigenvalue weighted by molar-refractivity contribution is 5.86. The normalized spacial score (nSPS) is 11.6. The van der Waals surface area contributed by atoms with E-state index in [-0.39, 0.29) is 0 Å². The Balaban J connectivity index is 2.20. The van der Waals surface area contributed by atoms with Gasteiger partial charge in [-0.05, 0) is 46.8 Å². The summed E-state index contributed by atoms with van der Waals surface area (Å²) in [6.45, 7) is 10.6. The first-order chi connectivity index (χ1) is 11.0. The van der Waals surface area contributed by atoms with Crippen molar-refractivity contribution < 1.29 is 0 Å². The number of aryl methyl sites for hydroxylation is 1. The maximum Gasteiger partial charge on any atom is 0.163 e. The standard InChI is InChI=1S/C17H22N6/c1-10(2)23(11(3)4)17-14-16(19-12(5)20-17)22-15(21-14)13-7-6-8-18-9-13/h6-11H,1-5H3,(H,19,20,21,22). The van der Waals surface area contributed by atoms with Crippen molar-refractivity contribution in [1.82, 2.24) is 24.9 Å². The minimum absolute atomic E-state index is 0.325. The van der Waals surface area contributed by atoms with Gasteiger partial charge in [0.1, 0.15) is 11.6 Å². The van der Waals surface area contributed by atoms with Crippen LogP contribution in [0.5, 0.6) is 0 Å². The molecule has 0 atom stereocenters. The van der Waals surface area contributed by atoms with Crippen LogP contribution in [0.25, 0.3) is 22.6 Å². The second-order valence-electron chi connectivity index (χ2n) is 6.21. The van der Waals surface area contributed by atoms with Crippen molar-refractivity contribution in [2.24, 2.45) is 0 Å². The highest BCUT2D eigenvalue weighted by Gasteiger charge is 2.22. The Labute approximate surface area is 136 Å². The molecule has 120 valence electrons. The number of rotatable bonds is 4. The van der Waals surface area contributed by atoms with E-state index < -0.39 is 0 Å². The van der Waals surface area contributed by atoms with Crippen LogP contribution in [0.2, 0.25) is 0 Å². The molecule has 0 saturated heterocycles. The van der Waals surface area contributed by atoms with Gasteiger partial charge in [-0.2, -0.15) is 0 Å². The molecule has 0 aliphatic carbocycles. The molecule has 0 radical (unpaired) electrons. The van der Waals surface area contributed by atoms with Gasteiger partial charge in [-0.15, -0.1) is 0 Å². The van der Waals surface area contributed by atoms with E-state index in [1.54, 1.807) is 12.4 Å². The van der Waals surface area contributed by atoms with Crippen LogP contribution in [-0.4, -0.2) is 37.0 Å². The van der Waals surface area contributed by atoms with Crippen LogP contribution in [0.4, 0.5) is 5.82 Å². The highest BCUT2D eigenvalue weighted by Crippen LogP contribution is 2.28. The zero-order valence-corrected chi connectivity index (χ0v) is 14.2. The quantitative estimate of drug-likeness (QED) is 0.800. The van der Waals surface area contributed by atoms with E-state index >= 15 is 0 Å². The second kappa shape index (κ2) is 5.95. The van der Waals surface area contributed by atoms with Crippen LogP contribution in [0, 0.1) is 6.92 Å². The molecule has 0 aromatic carbocycles. The predicted molar refractivity (Wildman–Crippen MR) is 92.4 cm³/mol. The number of aromatic nitrogens is 5. The Bertz CT molecular complexity index is 799. The monoisotopic (exact) mass is 310 g/mol. The molecule has 3 aromatic heterocycles. The van der Waals surface area contributed by atoms with Gasteiger partial charge >= 0.3 is 0 Å². The van der Waals surface area contributed by atoms with Crippen LogP contribution in [0.15, 0.2) is 24.5 Å². The minimum Gasteiger partial charge on any atom is -0.350 e. The van der Waals surface area contributed by atoms with Crippen molar-refractivity contribution >= 4 is 17.0 Å². The number of fused-ring (bicyclic) bond motifs is 1. The zero-order valence-electron chi connectivity index (χ0n) is 14.2. The van der Waals surface area contributed by atoms with Gasteiger partial charge in [0.15, 0.2) is 17.0 Å². The van der Waals surface area contributed by atoms with Crippen molar-refractivity contribution in [2.45, 2.75) is 46.7 Å². The van der Waals surface area contributed by atoms with E-state index in [9.17, 15) is 0 Å².